The molecule has 0 aliphatic carbocycles. The highest BCUT2D eigenvalue weighted by molar-refractivity contribution is 14.0. The van der Waals surface area contributed by atoms with E-state index in [1.807, 2.05) is 13.8 Å². The number of aryl methyl sites for hydroxylation is 1. The van der Waals surface area contributed by atoms with Crippen LogP contribution in [-0.2, 0) is 6.54 Å². The Morgan fingerprint density at radius 2 is 2.03 bits per heavy atom. The van der Waals surface area contributed by atoms with Crippen molar-refractivity contribution in [2.45, 2.75) is 39.3 Å². The minimum atomic E-state index is -0.835. The van der Waals surface area contributed by atoms with Crippen LogP contribution >= 0.6 is 35.3 Å². The van der Waals surface area contributed by atoms with Crippen molar-refractivity contribution >= 4 is 41.3 Å². The van der Waals surface area contributed by atoms with Crippen LogP contribution in [0.3, 0.4) is 0 Å². The topological polar surface area (TPSA) is 52.6 Å². The van der Waals surface area contributed by atoms with Crippen LogP contribution in [0.25, 0.3) is 0 Å². The van der Waals surface area contributed by atoms with Gasteiger partial charge in [-0.15, -0.1) is 35.3 Å². The zero-order chi connectivity index (χ0) is 20.8. The lowest BCUT2D eigenvalue weighted by Crippen LogP contribution is -2.43. The quantitative estimate of drug-likeness (QED) is 0.317. The molecule has 5 nitrogen and oxygen atoms in total. The predicted octanol–water partition coefficient (Wildman–Crippen LogP) is 4.49. The maximum absolute atomic E-state index is 13.5. The molecule has 0 bridgehead atoms. The van der Waals surface area contributed by atoms with Crippen molar-refractivity contribution in [2.75, 3.05) is 26.7 Å². The number of rotatable bonds is 6. The summed E-state index contributed by atoms with van der Waals surface area (Å²) in [5, 5.41) is 9.89. The monoisotopic (exact) mass is 549 g/mol. The van der Waals surface area contributed by atoms with Crippen LogP contribution < -0.4 is 10.6 Å². The average molecular weight is 549 g/mol. The van der Waals surface area contributed by atoms with Gasteiger partial charge in [-0.1, -0.05) is 6.07 Å². The number of guanidine groups is 1. The van der Waals surface area contributed by atoms with E-state index in [1.54, 1.807) is 24.5 Å². The third kappa shape index (κ3) is 7.12. The van der Waals surface area contributed by atoms with Crippen molar-refractivity contribution in [3.63, 3.8) is 0 Å². The first-order chi connectivity index (χ1) is 13.9. The fraction of sp³-hybridized carbons (Fsp3) is 0.524. The Labute approximate surface area is 198 Å². The summed E-state index contributed by atoms with van der Waals surface area (Å²) in [5.74, 6) is -0.415. The van der Waals surface area contributed by atoms with E-state index in [0.29, 0.717) is 17.4 Å². The first-order valence-corrected chi connectivity index (χ1v) is 10.9. The van der Waals surface area contributed by atoms with E-state index in [1.165, 1.54) is 11.8 Å². The molecule has 166 valence electrons. The van der Waals surface area contributed by atoms with Gasteiger partial charge in [0.05, 0.1) is 16.7 Å². The number of benzene rings is 1. The van der Waals surface area contributed by atoms with Gasteiger partial charge in [0.25, 0.3) is 0 Å². The summed E-state index contributed by atoms with van der Waals surface area (Å²) in [6.45, 7) is 7.85. The van der Waals surface area contributed by atoms with Crippen molar-refractivity contribution < 1.29 is 8.78 Å². The Hall–Kier alpha value is -1.33. The number of aliphatic imine (C=N–C) groups is 1. The molecule has 1 aromatic heterocycles. The molecule has 2 heterocycles. The van der Waals surface area contributed by atoms with Gasteiger partial charge in [-0.25, -0.2) is 13.8 Å². The van der Waals surface area contributed by atoms with Crippen LogP contribution in [0.4, 0.5) is 8.78 Å². The number of hydrogen-bond acceptors (Lipinski definition) is 4. The van der Waals surface area contributed by atoms with E-state index in [-0.39, 0.29) is 30.0 Å². The molecule has 2 N–H and O–H groups in total. The highest BCUT2D eigenvalue weighted by Crippen LogP contribution is 2.20. The van der Waals surface area contributed by atoms with E-state index >= 15 is 0 Å². The van der Waals surface area contributed by atoms with E-state index < -0.39 is 11.6 Å². The average Bonchev–Trinajstić information content (AvgIpc) is 3.12. The Kier molecular flexibility index (Phi) is 9.89. The molecule has 1 aromatic carbocycles. The molecule has 1 atom stereocenters. The number of nitrogens with one attached hydrogen (secondary N) is 2. The van der Waals surface area contributed by atoms with E-state index in [4.69, 9.17) is 0 Å². The van der Waals surface area contributed by atoms with Crippen LogP contribution in [0, 0.1) is 24.5 Å². The minimum absolute atomic E-state index is 0. The lowest BCUT2D eigenvalue weighted by molar-refractivity contribution is 0.176. The summed E-state index contributed by atoms with van der Waals surface area (Å²) in [4.78, 5) is 11.3. The summed E-state index contributed by atoms with van der Waals surface area (Å²) in [7, 11) is 1.71. The maximum Gasteiger partial charge on any atom is 0.191 e. The summed E-state index contributed by atoms with van der Waals surface area (Å²) < 4.78 is 26.6. The fourth-order valence-corrected chi connectivity index (χ4v) is 4.17. The van der Waals surface area contributed by atoms with Gasteiger partial charge in [0.1, 0.15) is 0 Å². The number of hydrogen-bond donors (Lipinski definition) is 2. The number of halogens is 3. The molecule has 0 spiro atoms. The summed E-state index contributed by atoms with van der Waals surface area (Å²) in [6.07, 6.45) is 2.26. The molecule has 1 aliphatic rings. The zero-order valence-corrected chi connectivity index (χ0v) is 20.8. The molecular weight excluding hydrogens is 519 g/mol. The van der Waals surface area contributed by atoms with Crippen molar-refractivity contribution in [1.82, 2.24) is 20.5 Å². The van der Waals surface area contributed by atoms with Gasteiger partial charge in [-0.2, -0.15) is 0 Å². The molecule has 30 heavy (non-hydrogen) atoms. The van der Waals surface area contributed by atoms with Gasteiger partial charge in [-0.3, -0.25) is 9.89 Å². The SMILES string of the molecule is CN=C(NCC1CCN(Cc2csc(C)n2)CC1)NC(C)c1ccc(F)c(F)c1.I. The Bertz CT molecular complexity index is 837. The fourth-order valence-electron chi connectivity index (χ4n) is 3.56. The third-order valence-corrected chi connectivity index (χ3v) is 6.16. The van der Waals surface area contributed by atoms with E-state index in [9.17, 15) is 8.78 Å². The number of thiazole rings is 1. The highest BCUT2D eigenvalue weighted by Gasteiger charge is 2.20. The lowest BCUT2D eigenvalue weighted by Gasteiger charge is -2.32. The molecule has 0 radical (unpaired) electrons. The third-order valence-electron chi connectivity index (χ3n) is 5.34. The van der Waals surface area contributed by atoms with Gasteiger partial charge in [0.2, 0.25) is 0 Å². The van der Waals surface area contributed by atoms with Gasteiger partial charge in [0, 0.05) is 25.5 Å². The molecule has 1 aliphatic heterocycles. The zero-order valence-electron chi connectivity index (χ0n) is 17.6. The second-order valence-corrected chi connectivity index (χ2v) is 8.63. The van der Waals surface area contributed by atoms with Crippen LogP contribution in [-0.4, -0.2) is 42.5 Å². The Morgan fingerprint density at radius 1 is 1.30 bits per heavy atom. The molecular formula is C21H30F2IN5S. The predicted molar refractivity (Wildman–Crippen MR) is 130 cm³/mol. The first-order valence-electron chi connectivity index (χ1n) is 10.00. The lowest BCUT2D eigenvalue weighted by atomic mass is 9.97. The standard InChI is InChI=1S/C21H29F2N5S.HI/c1-14(17-4-5-19(22)20(23)10-17)26-21(24-3)25-11-16-6-8-28(9-7-16)12-18-13-29-15(2)27-18;/h4-5,10,13-14,16H,6-9,11-12H2,1-3H3,(H2,24,25,26);1H. The van der Waals surface area contributed by atoms with Crippen molar-refractivity contribution in [2.24, 2.45) is 10.9 Å². The molecule has 9 heteroatoms. The molecule has 1 saturated heterocycles. The van der Waals surface area contributed by atoms with Crippen molar-refractivity contribution in [3.05, 3.63) is 51.5 Å². The number of piperidine rings is 1. The first kappa shape index (κ1) is 24.9. The second kappa shape index (κ2) is 11.9. The smallest absolute Gasteiger partial charge is 0.191 e. The van der Waals surface area contributed by atoms with Crippen molar-refractivity contribution in [3.8, 4) is 0 Å². The van der Waals surface area contributed by atoms with Gasteiger partial charge < -0.3 is 10.6 Å². The molecule has 1 fully saturated rings. The number of aromatic nitrogens is 1. The Balaban J connectivity index is 0.00000320. The van der Waals surface area contributed by atoms with Crippen LogP contribution in [0.1, 0.15) is 42.1 Å². The van der Waals surface area contributed by atoms with Gasteiger partial charge in [-0.05, 0) is 63.4 Å². The van der Waals surface area contributed by atoms with Crippen LogP contribution in [0.5, 0.6) is 0 Å². The van der Waals surface area contributed by atoms with Crippen LogP contribution in [0.15, 0.2) is 28.6 Å². The second-order valence-electron chi connectivity index (χ2n) is 7.57. The minimum Gasteiger partial charge on any atom is -0.356 e. The number of nitrogens with zero attached hydrogens (tertiary/aromatic N) is 3. The normalized spacial score (nSPS) is 16.8. The van der Waals surface area contributed by atoms with E-state index in [2.05, 4.69) is 30.9 Å². The highest BCUT2D eigenvalue weighted by atomic mass is 127. The van der Waals surface area contributed by atoms with Gasteiger partial charge >= 0.3 is 0 Å². The summed E-state index contributed by atoms with van der Waals surface area (Å²) >= 11 is 1.70. The maximum atomic E-state index is 13.5. The number of likely N-dealkylation sites (tertiary alicyclic amines) is 1. The molecule has 3 rings (SSSR count). The molecule has 0 saturated carbocycles. The Morgan fingerprint density at radius 3 is 2.63 bits per heavy atom. The summed E-state index contributed by atoms with van der Waals surface area (Å²) in [5.41, 5.74) is 1.84. The largest absolute Gasteiger partial charge is 0.356 e. The molecule has 1 unspecified atom stereocenters. The van der Waals surface area contributed by atoms with E-state index in [0.717, 1.165) is 50.1 Å². The van der Waals surface area contributed by atoms with Gasteiger partial charge in [0.15, 0.2) is 17.6 Å². The van der Waals surface area contributed by atoms with Crippen LogP contribution in [0.2, 0.25) is 0 Å². The van der Waals surface area contributed by atoms with Crippen molar-refractivity contribution in [1.29, 1.82) is 0 Å². The molecule has 2 aromatic rings. The summed E-state index contributed by atoms with van der Waals surface area (Å²) in [6, 6.07) is 3.78. The molecule has 0 amide bonds.